The number of nitrogens with one attached hydrogen (secondary N) is 1. The molecule has 0 radical (unpaired) electrons. The van der Waals surface area contributed by atoms with E-state index >= 15 is 0 Å². The van der Waals surface area contributed by atoms with Gasteiger partial charge < -0.3 is 15.0 Å². The van der Waals surface area contributed by atoms with Gasteiger partial charge in [0.05, 0.1) is 0 Å². The summed E-state index contributed by atoms with van der Waals surface area (Å²) in [7, 11) is 3.32. The van der Waals surface area contributed by atoms with Crippen LogP contribution in [0.2, 0.25) is 0 Å². The van der Waals surface area contributed by atoms with E-state index in [1.165, 1.54) is 4.90 Å². The number of hydrogen-bond donors (Lipinski definition) is 1. The van der Waals surface area contributed by atoms with Gasteiger partial charge in [0.25, 0.3) is 11.8 Å². The molecule has 0 fully saturated rings. The van der Waals surface area contributed by atoms with Gasteiger partial charge in [0.2, 0.25) is 0 Å². The number of rotatable bonds is 7. The zero-order chi connectivity index (χ0) is 19.9. The van der Waals surface area contributed by atoms with Crippen molar-refractivity contribution in [2.24, 2.45) is 0 Å². The van der Waals surface area contributed by atoms with Gasteiger partial charge in [-0.15, -0.1) is 0 Å². The normalized spacial score (nSPS) is 10.4. The summed E-state index contributed by atoms with van der Waals surface area (Å²) in [6.45, 7) is 0.215. The number of hydrogen-bond acceptors (Lipinski definition) is 5. The predicted octanol–water partition coefficient (Wildman–Crippen LogP) is 1.66. The molecule has 1 N–H and O–H groups in total. The molecule has 0 saturated carbocycles. The minimum atomic E-state index is -0.250. The molecule has 0 aliphatic carbocycles. The number of nitrogens with zero attached hydrogens (tertiary/aromatic N) is 4. The van der Waals surface area contributed by atoms with Crippen molar-refractivity contribution in [3.8, 4) is 11.6 Å². The Hall–Kier alpha value is -3.68. The van der Waals surface area contributed by atoms with E-state index in [2.05, 4.69) is 15.4 Å². The van der Waals surface area contributed by atoms with Crippen LogP contribution in [-0.2, 0) is 11.3 Å². The van der Waals surface area contributed by atoms with Crippen LogP contribution in [0.1, 0.15) is 15.9 Å². The van der Waals surface area contributed by atoms with E-state index in [1.54, 1.807) is 61.6 Å². The first kappa shape index (κ1) is 19.1. The Balaban J connectivity index is 1.65. The third-order valence-corrected chi connectivity index (χ3v) is 3.99. The molecule has 0 atom stereocenters. The van der Waals surface area contributed by atoms with Gasteiger partial charge in [-0.05, 0) is 30.3 Å². The second kappa shape index (κ2) is 8.81. The Bertz CT molecular complexity index is 954. The summed E-state index contributed by atoms with van der Waals surface area (Å²) in [5.74, 6) is 0.714. The summed E-state index contributed by atoms with van der Waals surface area (Å²) in [4.78, 5) is 29.9. The van der Waals surface area contributed by atoms with Crippen LogP contribution in [0, 0.1) is 0 Å². The maximum absolute atomic E-state index is 12.5. The van der Waals surface area contributed by atoms with Gasteiger partial charge in [0, 0.05) is 50.4 Å². The monoisotopic (exact) mass is 379 g/mol. The van der Waals surface area contributed by atoms with E-state index in [9.17, 15) is 9.59 Å². The van der Waals surface area contributed by atoms with Crippen molar-refractivity contribution in [3.63, 3.8) is 0 Å². The first-order valence-electron chi connectivity index (χ1n) is 8.69. The summed E-state index contributed by atoms with van der Waals surface area (Å²) in [5, 5.41) is 7.06. The average molecular weight is 379 g/mol. The molecule has 3 rings (SSSR count). The number of pyridine rings is 1. The van der Waals surface area contributed by atoms with Crippen molar-refractivity contribution in [1.82, 2.24) is 25.0 Å². The first-order chi connectivity index (χ1) is 13.5. The molecular weight excluding hydrogens is 358 g/mol. The molecule has 0 saturated heterocycles. The zero-order valence-corrected chi connectivity index (χ0v) is 15.7. The lowest BCUT2D eigenvalue weighted by Gasteiger charge is -2.12. The van der Waals surface area contributed by atoms with Crippen molar-refractivity contribution in [2.45, 2.75) is 6.54 Å². The third kappa shape index (κ3) is 4.73. The van der Waals surface area contributed by atoms with Crippen LogP contribution < -0.4 is 10.1 Å². The van der Waals surface area contributed by atoms with Crippen molar-refractivity contribution >= 4 is 11.8 Å². The van der Waals surface area contributed by atoms with Crippen LogP contribution in [0.4, 0.5) is 0 Å². The van der Waals surface area contributed by atoms with Crippen LogP contribution in [0.25, 0.3) is 5.82 Å². The SMILES string of the molecule is CN(C)C(=O)COc1cccc(C(=O)NCc2cccnc2-n2cccn2)c1. The largest absolute Gasteiger partial charge is 0.484 e. The fraction of sp³-hybridized carbons (Fsp3) is 0.200. The highest BCUT2D eigenvalue weighted by Gasteiger charge is 2.11. The summed E-state index contributed by atoms with van der Waals surface area (Å²) in [6, 6.07) is 12.2. The third-order valence-electron chi connectivity index (χ3n) is 3.99. The van der Waals surface area contributed by atoms with E-state index in [0.29, 0.717) is 23.7 Å². The van der Waals surface area contributed by atoms with Gasteiger partial charge in [0.15, 0.2) is 12.4 Å². The molecule has 2 amide bonds. The molecule has 8 nitrogen and oxygen atoms in total. The van der Waals surface area contributed by atoms with Gasteiger partial charge in [0.1, 0.15) is 5.75 Å². The number of benzene rings is 1. The molecule has 0 unspecified atom stereocenters. The molecule has 2 aromatic heterocycles. The van der Waals surface area contributed by atoms with Crippen molar-refractivity contribution in [1.29, 1.82) is 0 Å². The average Bonchev–Trinajstić information content (AvgIpc) is 3.25. The number of likely N-dealkylation sites (N-methyl/N-ethyl adjacent to an activating group) is 1. The molecule has 0 spiro atoms. The molecule has 3 aromatic rings. The number of carbonyl (C=O) groups excluding carboxylic acids is 2. The predicted molar refractivity (Wildman–Crippen MR) is 103 cm³/mol. The minimum Gasteiger partial charge on any atom is -0.484 e. The van der Waals surface area contributed by atoms with Crippen molar-refractivity contribution in [3.05, 3.63) is 72.2 Å². The summed E-state index contributed by atoms with van der Waals surface area (Å²) >= 11 is 0. The topological polar surface area (TPSA) is 89.4 Å². The highest BCUT2D eigenvalue weighted by atomic mass is 16.5. The number of carbonyl (C=O) groups is 2. The standard InChI is InChI=1S/C20H21N5O3/c1-24(2)18(26)14-28-17-8-3-6-15(12-17)20(27)22-13-16-7-4-9-21-19(16)25-11-5-10-23-25/h3-12H,13-14H2,1-2H3,(H,22,27). The fourth-order valence-corrected chi connectivity index (χ4v) is 2.45. The van der Waals surface area contributed by atoms with Gasteiger partial charge in [-0.1, -0.05) is 12.1 Å². The van der Waals surface area contributed by atoms with Crippen LogP contribution in [0.5, 0.6) is 5.75 Å². The molecule has 1 aromatic carbocycles. The molecule has 2 heterocycles. The fourth-order valence-electron chi connectivity index (χ4n) is 2.45. The van der Waals surface area contributed by atoms with Gasteiger partial charge >= 0.3 is 0 Å². The van der Waals surface area contributed by atoms with E-state index in [4.69, 9.17) is 4.74 Å². The lowest BCUT2D eigenvalue weighted by Crippen LogP contribution is -2.27. The van der Waals surface area contributed by atoms with Crippen LogP contribution >= 0.6 is 0 Å². The Morgan fingerprint density at radius 1 is 1.14 bits per heavy atom. The Morgan fingerprint density at radius 3 is 2.75 bits per heavy atom. The van der Waals surface area contributed by atoms with Crippen LogP contribution in [0.3, 0.4) is 0 Å². The van der Waals surface area contributed by atoms with Crippen molar-refractivity contribution in [2.75, 3.05) is 20.7 Å². The lowest BCUT2D eigenvalue weighted by molar-refractivity contribution is -0.130. The van der Waals surface area contributed by atoms with E-state index in [0.717, 1.165) is 5.56 Å². The maximum Gasteiger partial charge on any atom is 0.259 e. The molecule has 0 bridgehead atoms. The number of amides is 2. The van der Waals surface area contributed by atoms with E-state index < -0.39 is 0 Å². The smallest absolute Gasteiger partial charge is 0.259 e. The molecule has 8 heteroatoms. The maximum atomic E-state index is 12.5. The molecule has 28 heavy (non-hydrogen) atoms. The molecule has 144 valence electrons. The molecule has 0 aliphatic heterocycles. The van der Waals surface area contributed by atoms with Crippen LogP contribution in [-0.4, -0.2) is 52.2 Å². The van der Waals surface area contributed by atoms with Gasteiger partial charge in [-0.3, -0.25) is 9.59 Å². The quantitative estimate of drug-likeness (QED) is 0.674. The second-order valence-corrected chi connectivity index (χ2v) is 6.22. The summed E-state index contributed by atoms with van der Waals surface area (Å²) in [5.41, 5.74) is 1.28. The molecular formula is C20H21N5O3. The zero-order valence-electron chi connectivity index (χ0n) is 15.7. The lowest BCUT2D eigenvalue weighted by atomic mass is 10.2. The van der Waals surface area contributed by atoms with E-state index in [-0.39, 0.29) is 18.4 Å². The van der Waals surface area contributed by atoms with Crippen molar-refractivity contribution < 1.29 is 14.3 Å². The first-order valence-corrected chi connectivity index (χ1v) is 8.69. The highest BCUT2D eigenvalue weighted by molar-refractivity contribution is 5.94. The van der Waals surface area contributed by atoms with Gasteiger partial charge in [-0.25, -0.2) is 9.67 Å². The molecule has 0 aliphatic rings. The minimum absolute atomic E-state index is 0.0824. The van der Waals surface area contributed by atoms with Crippen LogP contribution in [0.15, 0.2) is 61.1 Å². The van der Waals surface area contributed by atoms with Gasteiger partial charge in [-0.2, -0.15) is 5.10 Å². The Kier molecular flexibility index (Phi) is 6.01. The van der Waals surface area contributed by atoms with E-state index in [1.807, 2.05) is 18.2 Å². The highest BCUT2D eigenvalue weighted by Crippen LogP contribution is 2.14. The Morgan fingerprint density at radius 2 is 2.00 bits per heavy atom. The second-order valence-electron chi connectivity index (χ2n) is 6.22. The summed E-state index contributed by atoms with van der Waals surface area (Å²) < 4.78 is 7.11. The number of aromatic nitrogens is 3. The Labute approximate surface area is 162 Å². The number of ether oxygens (including phenoxy) is 1. The summed E-state index contributed by atoms with van der Waals surface area (Å²) in [6.07, 6.45) is 5.14.